The predicted octanol–water partition coefficient (Wildman–Crippen LogP) is 3.19. The lowest BCUT2D eigenvalue weighted by atomic mass is 9.89. The van der Waals surface area contributed by atoms with Crippen LogP contribution in [0.3, 0.4) is 0 Å². The van der Waals surface area contributed by atoms with Gasteiger partial charge in [0.05, 0.1) is 6.61 Å². The van der Waals surface area contributed by atoms with Gasteiger partial charge in [-0.15, -0.1) is 0 Å². The van der Waals surface area contributed by atoms with Gasteiger partial charge in [0.15, 0.2) is 0 Å². The molecule has 2 aromatic rings. The first-order chi connectivity index (χ1) is 13.7. The summed E-state index contributed by atoms with van der Waals surface area (Å²) in [6.45, 7) is 2.39. The van der Waals surface area contributed by atoms with Gasteiger partial charge in [0.1, 0.15) is 11.9 Å². The standard InChI is InChI=1S/C21H29N5O2/c1-15-12-22-21(23-13-16-8-4-2-5-9-16)26-19(15)25-18(14-27)20(28)24-17-10-6-3-7-11-17/h3,6-7,10-12,16,18,27H,2,4-5,8-9,13-14H2,1H3,(H,24,28)(H2,22,23,25,26)/t18-/m0/s1. The van der Waals surface area contributed by atoms with E-state index in [1.54, 1.807) is 18.3 Å². The van der Waals surface area contributed by atoms with Crippen LogP contribution >= 0.6 is 0 Å². The lowest BCUT2D eigenvalue weighted by molar-refractivity contribution is -0.117. The van der Waals surface area contributed by atoms with Gasteiger partial charge in [0.25, 0.3) is 0 Å². The third-order valence-corrected chi connectivity index (χ3v) is 5.10. The van der Waals surface area contributed by atoms with Gasteiger partial charge in [0, 0.05) is 24.0 Å². The first-order valence-corrected chi connectivity index (χ1v) is 9.96. The molecule has 3 rings (SSSR count). The van der Waals surface area contributed by atoms with Crippen LogP contribution in [0.1, 0.15) is 37.7 Å². The van der Waals surface area contributed by atoms with Gasteiger partial charge in [-0.25, -0.2) is 4.98 Å². The molecule has 1 aromatic heterocycles. The van der Waals surface area contributed by atoms with E-state index in [0.29, 0.717) is 23.4 Å². The number of anilines is 3. The lowest BCUT2D eigenvalue weighted by Gasteiger charge is -2.22. The maximum absolute atomic E-state index is 12.5. The van der Waals surface area contributed by atoms with Crippen molar-refractivity contribution in [3.63, 3.8) is 0 Å². The van der Waals surface area contributed by atoms with Gasteiger partial charge in [-0.3, -0.25) is 4.79 Å². The van der Waals surface area contributed by atoms with Crippen molar-refractivity contribution in [2.24, 2.45) is 5.92 Å². The van der Waals surface area contributed by atoms with Crippen LogP contribution < -0.4 is 16.0 Å². The molecule has 0 bridgehead atoms. The number of benzene rings is 1. The highest BCUT2D eigenvalue weighted by molar-refractivity contribution is 5.96. The molecule has 1 aliphatic carbocycles. The maximum Gasteiger partial charge on any atom is 0.249 e. The lowest BCUT2D eigenvalue weighted by Crippen LogP contribution is -2.38. The third kappa shape index (κ3) is 5.66. The van der Waals surface area contributed by atoms with Gasteiger partial charge in [-0.2, -0.15) is 4.98 Å². The SMILES string of the molecule is Cc1cnc(NCC2CCCCC2)nc1N[C@@H](CO)C(=O)Nc1ccccc1. The molecule has 1 aliphatic rings. The molecule has 7 heteroatoms. The Kier molecular flexibility index (Phi) is 7.19. The van der Waals surface area contributed by atoms with E-state index in [4.69, 9.17) is 0 Å². The molecular formula is C21H29N5O2. The minimum Gasteiger partial charge on any atom is -0.394 e. The summed E-state index contributed by atoms with van der Waals surface area (Å²) in [6.07, 6.45) is 8.14. The third-order valence-electron chi connectivity index (χ3n) is 5.10. The first-order valence-electron chi connectivity index (χ1n) is 9.96. The molecule has 0 saturated heterocycles. The molecule has 4 N–H and O–H groups in total. The van der Waals surface area contributed by atoms with Gasteiger partial charge < -0.3 is 21.1 Å². The van der Waals surface area contributed by atoms with Gasteiger partial charge >= 0.3 is 0 Å². The van der Waals surface area contributed by atoms with Crippen LogP contribution in [0.15, 0.2) is 36.5 Å². The minimum atomic E-state index is -0.806. The van der Waals surface area contributed by atoms with Crippen molar-refractivity contribution in [1.82, 2.24) is 9.97 Å². The molecule has 1 fully saturated rings. The zero-order valence-corrected chi connectivity index (χ0v) is 16.3. The van der Waals surface area contributed by atoms with E-state index in [0.717, 1.165) is 12.1 Å². The smallest absolute Gasteiger partial charge is 0.249 e. The topological polar surface area (TPSA) is 99.2 Å². The van der Waals surface area contributed by atoms with Crippen LogP contribution in [0.2, 0.25) is 0 Å². The number of aliphatic hydroxyl groups excluding tert-OH is 1. The number of carbonyl (C=O) groups is 1. The highest BCUT2D eigenvalue weighted by Crippen LogP contribution is 2.24. The summed E-state index contributed by atoms with van der Waals surface area (Å²) in [5.74, 6) is 1.43. The number of nitrogens with one attached hydrogen (secondary N) is 3. The summed E-state index contributed by atoms with van der Waals surface area (Å²) in [6, 6.07) is 8.36. The highest BCUT2D eigenvalue weighted by atomic mass is 16.3. The molecule has 0 aliphatic heterocycles. The van der Waals surface area contributed by atoms with Gasteiger partial charge in [-0.1, -0.05) is 37.5 Å². The number of hydrogen-bond acceptors (Lipinski definition) is 6. The van der Waals surface area contributed by atoms with Crippen molar-refractivity contribution in [2.75, 3.05) is 29.1 Å². The second-order valence-corrected chi connectivity index (χ2v) is 7.34. The minimum absolute atomic E-state index is 0.316. The zero-order chi connectivity index (χ0) is 19.8. The summed E-state index contributed by atoms with van der Waals surface area (Å²) in [4.78, 5) is 21.3. The normalized spacial score (nSPS) is 15.6. The monoisotopic (exact) mass is 383 g/mol. The molecule has 1 atom stereocenters. The Labute approximate surface area is 166 Å². The van der Waals surface area contributed by atoms with Crippen molar-refractivity contribution < 1.29 is 9.90 Å². The number of carbonyl (C=O) groups excluding carboxylic acids is 1. The van der Waals surface area contributed by atoms with Crippen LogP contribution in [0.25, 0.3) is 0 Å². The Morgan fingerprint density at radius 2 is 1.96 bits per heavy atom. The summed E-state index contributed by atoms with van der Waals surface area (Å²) < 4.78 is 0. The predicted molar refractivity (Wildman–Crippen MR) is 111 cm³/mol. The van der Waals surface area contributed by atoms with E-state index in [9.17, 15) is 9.90 Å². The number of amides is 1. The second-order valence-electron chi connectivity index (χ2n) is 7.34. The quantitative estimate of drug-likeness (QED) is 0.559. The molecule has 1 saturated carbocycles. The maximum atomic E-state index is 12.5. The summed E-state index contributed by atoms with van der Waals surface area (Å²) in [5.41, 5.74) is 1.50. The average Bonchev–Trinajstić information content (AvgIpc) is 2.73. The van der Waals surface area contributed by atoms with Crippen molar-refractivity contribution in [2.45, 2.75) is 45.1 Å². The summed E-state index contributed by atoms with van der Waals surface area (Å²) in [7, 11) is 0. The molecule has 1 amide bonds. The highest BCUT2D eigenvalue weighted by Gasteiger charge is 2.20. The van der Waals surface area contributed by atoms with Crippen LogP contribution in [0.4, 0.5) is 17.5 Å². The van der Waals surface area contributed by atoms with Crippen LogP contribution in [-0.2, 0) is 4.79 Å². The van der Waals surface area contributed by atoms with E-state index < -0.39 is 6.04 Å². The second kappa shape index (κ2) is 10.0. The zero-order valence-electron chi connectivity index (χ0n) is 16.3. The van der Waals surface area contributed by atoms with E-state index in [1.807, 2.05) is 25.1 Å². The number of hydrogen-bond donors (Lipinski definition) is 4. The average molecular weight is 383 g/mol. The number of para-hydroxylation sites is 1. The Morgan fingerprint density at radius 3 is 2.68 bits per heavy atom. The Bertz CT molecular complexity index is 763. The number of nitrogens with zero attached hydrogens (tertiary/aromatic N) is 2. The Morgan fingerprint density at radius 1 is 1.21 bits per heavy atom. The fourth-order valence-corrected chi connectivity index (χ4v) is 3.41. The van der Waals surface area contributed by atoms with Crippen LogP contribution in [0, 0.1) is 12.8 Å². The molecule has 1 aromatic carbocycles. The Hall–Kier alpha value is -2.67. The largest absolute Gasteiger partial charge is 0.394 e. The number of aromatic nitrogens is 2. The molecule has 0 radical (unpaired) electrons. The molecule has 150 valence electrons. The van der Waals surface area contributed by atoms with Crippen LogP contribution in [-0.4, -0.2) is 40.2 Å². The summed E-state index contributed by atoms with van der Waals surface area (Å²) in [5, 5.41) is 18.8. The van der Waals surface area contributed by atoms with Crippen molar-refractivity contribution >= 4 is 23.4 Å². The van der Waals surface area contributed by atoms with E-state index in [1.165, 1.54) is 32.1 Å². The van der Waals surface area contributed by atoms with E-state index in [-0.39, 0.29) is 12.5 Å². The molecule has 28 heavy (non-hydrogen) atoms. The van der Waals surface area contributed by atoms with Crippen molar-refractivity contribution in [3.8, 4) is 0 Å². The number of aryl methyl sites for hydroxylation is 1. The molecule has 0 spiro atoms. The van der Waals surface area contributed by atoms with Gasteiger partial charge in [-0.05, 0) is 37.8 Å². The van der Waals surface area contributed by atoms with E-state index >= 15 is 0 Å². The van der Waals surface area contributed by atoms with Crippen molar-refractivity contribution in [1.29, 1.82) is 0 Å². The fraction of sp³-hybridized carbons (Fsp3) is 0.476. The fourth-order valence-electron chi connectivity index (χ4n) is 3.41. The van der Waals surface area contributed by atoms with E-state index in [2.05, 4.69) is 25.9 Å². The molecular weight excluding hydrogens is 354 g/mol. The molecule has 1 heterocycles. The molecule has 0 unspecified atom stereocenters. The first kappa shape index (κ1) is 20.1. The Balaban J connectivity index is 1.61. The summed E-state index contributed by atoms with van der Waals surface area (Å²) >= 11 is 0. The number of aliphatic hydroxyl groups is 1. The van der Waals surface area contributed by atoms with Gasteiger partial charge in [0.2, 0.25) is 11.9 Å². The van der Waals surface area contributed by atoms with Crippen LogP contribution in [0.5, 0.6) is 0 Å². The molecule has 7 nitrogen and oxygen atoms in total. The number of rotatable bonds is 8. The van der Waals surface area contributed by atoms with Crippen molar-refractivity contribution in [3.05, 3.63) is 42.1 Å².